The van der Waals surface area contributed by atoms with Crippen LogP contribution in [0, 0.1) is 10.1 Å². The van der Waals surface area contributed by atoms with Crippen LogP contribution in [0.3, 0.4) is 0 Å². The summed E-state index contributed by atoms with van der Waals surface area (Å²) in [6, 6.07) is 18.9. The van der Waals surface area contributed by atoms with Crippen LogP contribution in [0.2, 0.25) is 0 Å². The Balaban J connectivity index is 1.35. The van der Waals surface area contributed by atoms with Crippen molar-refractivity contribution >= 4 is 57.4 Å². The van der Waals surface area contributed by atoms with Crippen molar-refractivity contribution in [2.75, 3.05) is 16.4 Å². The van der Waals surface area contributed by atoms with Crippen LogP contribution >= 0.6 is 23.1 Å². The lowest BCUT2D eigenvalue weighted by molar-refractivity contribution is -0.384. The third kappa shape index (κ3) is 6.57. The van der Waals surface area contributed by atoms with E-state index in [2.05, 4.69) is 15.6 Å². The normalized spacial score (nSPS) is 10.5. The zero-order valence-corrected chi connectivity index (χ0v) is 20.5. The molecule has 0 bridgehead atoms. The van der Waals surface area contributed by atoms with Gasteiger partial charge in [0.2, 0.25) is 5.91 Å². The highest BCUT2D eigenvalue weighted by Crippen LogP contribution is 2.28. The van der Waals surface area contributed by atoms with E-state index in [9.17, 15) is 29.6 Å². The molecule has 3 aromatic carbocycles. The van der Waals surface area contributed by atoms with Crippen LogP contribution in [0.5, 0.6) is 0 Å². The minimum Gasteiger partial charge on any atom is -0.478 e. The number of benzene rings is 3. The van der Waals surface area contributed by atoms with E-state index in [-0.39, 0.29) is 28.5 Å². The number of anilines is 2. The van der Waals surface area contributed by atoms with Crippen molar-refractivity contribution in [3.63, 3.8) is 0 Å². The number of hydrogen-bond acceptors (Lipinski definition) is 8. The molecule has 0 saturated carbocycles. The summed E-state index contributed by atoms with van der Waals surface area (Å²) in [4.78, 5) is 52.0. The number of amides is 2. The van der Waals surface area contributed by atoms with Crippen LogP contribution in [-0.2, 0) is 4.79 Å². The lowest BCUT2D eigenvalue weighted by Crippen LogP contribution is -2.16. The lowest BCUT2D eigenvalue weighted by Gasteiger charge is -2.09. The Morgan fingerprint density at radius 3 is 2.49 bits per heavy atom. The summed E-state index contributed by atoms with van der Waals surface area (Å²) in [5, 5.41) is 27.7. The summed E-state index contributed by atoms with van der Waals surface area (Å²) in [6.07, 6.45) is 0. The highest BCUT2D eigenvalue weighted by Gasteiger charge is 2.16. The van der Waals surface area contributed by atoms with Crippen molar-refractivity contribution in [2.45, 2.75) is 4.90 Å². The van der Waals surface area contributed by atoms with E-state index >= 15 is 0 Å². The van der Waals surface area contributed by atoms with Gasteiger partial charge < -0.3 is 15.7 Å². The zero-order chi connectivity index (χ0) is 26.4. The maximum Gasteiger partial charge on any atom is 0.336 e. The van der Waals surface area contributed by atoms with Gasteiger partial charge in [0.25, 0.3) is 11.6 Å². The molecule has 0 aliphatic carbocycles. The number of carboxylic acids is 1. The van der Waals surface area contributed by atoms with Crippen molar-refractivity contribution in [1.82, 2.24) is 4.98 Å². The van der Waals surface area contributed by atoms with Crippen LogP contribution in [0.25, 0.3) is 11.3 Å². The van der Waals surface area contributed by atoms with E-state index in [0.29, 0.717) is 22.1 Å². The first kappa shape index (κ1) is 25.5. The maximum absolute atomic E-state index is 12.6. The van der Waals surface area contributed by atoms with E-state index in [0.717, 1.165) is 4.90 Å². The molecule has 0 saturated heterocycles. The molecule has 0 fully saturated rings. The number of nitrogens with zero attached hydrogens (tertiary/aromatic N) is 2. The van der Waals surface area contributed by atoms with Crippen LogP contribution < -0.4 is 10.6 Å². The number of nitro groups is 1. The average Bonchev–Trinajstić information content (AvgIpc) is 3.36. The number of carboxylic acid groups (broad SMARTS) is 1. The number of non-ortho nitro benzene ring substituents is 1. The van der Waals surface area contributed by atoms with E-state index in [1.165, 1.54) is 47.4 Å². The molecule has 3 N–H and O–H groups in total. The van der Waals surface area contributed by atoms with Crippen molar-refractivity contribution in [1.29, 1.82) is 0 Å². The minimum absolute atomic E-state index is 0.0420. The molecule has 0 atom stereocenters. The van der Waals surface area contributed by atoms with Gasteiger partial charge in [0.1, 0.15) is 0 Å². The highest BCUT2D eigenvalue weighted by atomic mass is 32.2. The van der Waals surface area contributed by atoms with Gasteiger partial charge in [-0.15, -0.1) is 23.1 Å². The number of thiazole rings is 1. The van der Waals surface area contributed by atoms with Gasteiger partial charge in [-0.3, -0.25) is 19.7 Å². The molecule has 186 valence electrons. The van der Waals surface area contributed by atoms with Crippen LogP contribution in [-0.4, -0.2) is 38.6 Å². The first-order chi connectivity index (χ1) is 17.8. The van der Waals surface area contributed by atoms with Crippen molar-refractivity contribution in [3.8, 4) is 11.3 Å². The number of carbonyl (C=O) groups excluding carboxylic acids is 2. The average molecular weight is 535 g/mol. The molecule has 0 aliphatic rings. The second kappa shape index (κ2) is 11.5. The van der Waals surface area contributed by atoms with Crippen molar-refractivity contribution in [2.24, 2.45) is 0 Å². The molecule has 4 aromatic rings. The van der Waals surface area contributed by atoms with Gasteiger partial charge in [-0.1, -0.05) is 30.3 Å². The Morgan fingerprint density at radius 1 is 0.973 bits per heavy atom. The van der Waals surface area contributed by atoms with E-state index in [1.807, 2.05) is 0 Å². The summed E-state index contributed by atoms with van der Waals surface area (Å²) < 4.78 is 0. The number of rotatable bonds is 9. The first-order valence-corrected chi connectivity index (χ1v) is 12.5. The highest BCUT2D eigenvalue weighted by molar-refractivity contribution is 8.00. The fraction of sp³-hybridized carbons (Fsp3) is 0.0400. The van der Waals surface area contributed by atoms with Gasteiger partial charge in [0.05, 0.1) is 27.5 Å². The summed E-state index contributed by atoms with van der Waals surface area (Å²) >= 11 is 2.45. The molecule has 0 unspecified atom stereocenters. The first-order valence-electron chi connectivity index (χ1n) is 10.7. The van der Waals surface area contributed by atoms with Gasteiger partial charge in [-0.2, -0.15) is 0 Å². The molecular formula is C25H18N4O6S2. The van der Waals surface area contributed by atoms with Gasteiger partial charge in [0, 0.05) is 33.7 Å². The number of thioether (sulfide) groups is 1. The molecule has 12 heteroatoms. The quantitative estimate of drug-likeness (QED) is 0.147. The fourth-order valence-electron chi connectivity index (χ4n) is 3.28. The van der Waals surface area contributed by atoms with E-state index < -0.39 is 16.8 Å². The van der Waals surface area contributed by atoms with Gasteiger partial charge in [0.15, 0.2) is 5.13 Å². The molecule has 4 rings (SSSR count). The molecular weight excluding hydrogens is 516 g/mol. The third-order valence-corrected chi connectivity index (χ3v) is 6.72. The molecule has 2 amide bonds. The molecule has 0 radical (unpaired) electrons. The minimum atomic E-state index is -1.20. The van der Waals surface area contributed by atoms with E-state index in [4.69, 9.17) is 0 Å². The van der Waals surface area contributed by atoms with Crippen LogP contribution in [0.15, 0.2) is 83.1 Å². The Kier molecular flexibility index (Phi) is 7.91. The smallest absolute Gasteiger partial charge is 0.336 e. The number of nitrogens with one attached hydrogen (secondary N) is 2. The van der Waals surface area contributed by atoms with Gasteiger partial charge >= 0.3 is 5.97 Å². The van der Waals surface area contributed by atoms with Crippen molar-refractivity contribution < 1.29 is 24.4 Å². The Morgan fingerprint density at radius 2 is 1.73 bits per heavy atom. The third-order valence-electron chi connectivity index (χ3n) is 4.97. The number of aromatic nitrogens is 1. The fourth-order valence-corrected chi connectivity index (χ4v) is 4.77. The number of nitro benzene ring substituents is 1. The standard InChI is InChI=1S/C25H18N4O6S2/c30-22(28-25-27-21(13-37-25)15-5-3-7-17(11-15)29(34)35)14-36-18-8-4-6-16(12-18)26-23(31)19-9-1-2-10-20(19)24(32)33/h1-13H,14H2,(H,26,31)(H,32,33)(H,27,28,30). The Bertz CT molecular complexity index is 1500. The number of hydrogen-bond donors (Lipinski definition) is 3. The number of carbonyl (C=O) groups is 3. The maximum atomic E-state index is 12.6. The second-order valence-electron chi connectivity index (χ2n) is 7.51. The van der Waals surface area contributed by atoms with Gasteiger partial charge in [-0.25, -0.2) is 9.78 Å². The second-order valence-corrected chi connectivity index (χ2v) is 9.42. The van der Waals surface area contributed by atoms with E-state index in [1.54, 1.807) is 53.9 Å². The molecule has 1 aromatic heterocycles. The largest absolute Gasteiger partial charge is 0.478 e. The lowest BCUT2D eigenvalue weighted by atomic mass is 10.1. The predicted octanol–water partition coefficient (Wildman–Crippen LogP) is 5.40. The Labute approximate surface area is 218 Å². The SMILES string of the molecule is O=C(CSc1cccc(NC(=O)c2ccccc2C(=O)O)c1)Nc1nc(-c2cccc([N+](=O)[O-])c2)cs1. The summed E-state index contributed by atoms with van der Waals surface area (Å²) in [5.41, 5.74) is 1.45. The molecule has 1 heterocycles. The van der Waals surface area contributed by atoms with Crippen molar-refractivity contribution in [3.05, 3.63) is 99.4 Å². The molecule has 0 spiro atoms. The summed E-state index contributed by atoms with van der Waals surface area (Å²) in [5.74, 6) is -1.97. The molecule has 0 aliphatic heterocycles. The monoisotopic (exact) mass is 534 g/mol. The van der Waals surface area contributed by atoms with Crippen LogP contribution in [0.1, 0.15) is 20.7 Å². The Hall–Kier alpha value is -4.55. The zero-order valence-electron chi connectivity index (χ0n) is 18.9. The van der Waals surface area contributed by atoms with Crippen LogP contribution in [0.4, 0.5) is 16.5 Å². The topological polar surface area (TPSA) is 152 Å². The molecule has 37 heavy (non-hydrogen) atoms. The predicted molar refractivity (Wildman–Crippen MR) is 141 cm³/mol. The van der Waals surface area contributed by atoms with Gasteiger partial charge in [-0.05, 0) is 30.3 Å². The summed E-state index contributed by atoms with van der Waals surface area (Å²) in [7, 11) is 0. The summed E-state index contributed by atoms with van der Waals surface area (Å²) in [6.45, 7) is 0. The molecule has 10 nitrogen and oxygen atoms in total. The number of aromatic carboxylic acids is 1.